The number of methoxy groups -OCH3 is 2. The average molecular weight is 631 g/mol. The second-order valence-electron chi connectivity index (χ2n) is 11.2. The van der Waals surface area contributed by atoms with Crippen LogP contribution in [-0.2, 0) is 24.6 Å². The molecule has 10 nitrogen and oxygen atoms in total. The number of benzene rings is 4. The van der Waals surface area contributed by atoms with E-state index in [1.807, 2.05) is 36.4 Å². The number of imide groups is 2. The van der Waals surface area contributed by atoms with Crippen LogP contribution in [0, 0.1) is 0 Å². The van der Waals surface area contributed by atoms with Crippen molar-refractivity contribution in [1.82, 2.24) is 0 Å². The number of carbonyl (C=O) groups excluding carboxylic acids is 4. The standard InChI is InChI=1S/C37H30N2O8/c1-37(2,23-5-15-29(31(21-23)44-3)46-27-11-7-25(8-12-27)38-33(40)17-18-34(38)41)24-6-16-30(32(22-24)45-4)47-28-13-9-26(10-14-28)39-35(42)19-20-36(39)43/h5-22H,1-4H3. The molecule has 0 aromatic heterocycles. The summed E-state index contributed by atoms with van der Waals surface area (Å²) in [6, 6.07) is 24.7. The quantitative estimate of drug-likeness (QED) is 0.183. The summed E-state index contributed by atoms with van der Waals surface area (Å²) in [5.41, 5.74) is 2.35. The third kappa shape index (κ3) is 5.96. The van der Waals surface area contributed by atoms with E-state index in [2.05, 4.69) is 13.8 Å². The van der Waals surface area contributed by atoms with Gasteiger partial charge in [0.2, 0.25) is 0 Å². The molecule has 0 fully saturated rings. The summed E-state index contributed by atoms with van der Waals surface area (Å²) in [4.78, 5) is 50.1. The van der Waals surface area contributed by atoms with Crippen LogP contribution < -0.4 is 28.7 Å². The van der Waals surface area contributed by atoms with Crippen molar-refractivity contribution in [1.29, 1.82) is 0 Å². The summed E-state index contributed by atoms with van der Waals surface area (Å²) < 4.78 is 23.6. The van der Waals surface area contributed by atoms with E-state index in [1.165, 1.54) is 24.3 Å². The molecule has 0 atom stereocenters. The summed E-state index contributed by atoms with van der Waals surface area (Å²) in [7, 11) is 3.14. The van der Waals surface area contributed by atoms with E-state index in [0.717, 1.165) is 20.9 Å². The fourth-order valence-electron chi connectivity index (χ4n) is 5.34. The Labute approximate surface area is 271 Å². The lowest BCUT2D eigenvalue weighted by Crippen LogP contribution is -2.29. The molecule has 4 amide bonds. The van der Waals surface area contributed by atoms with Crippen LogP contribution in [0.2, 0.25) is 0 Å². The van der Waals surface area contributed by atoms with E-state index in [-0.39, 0.29) is 23.6 Å². The monoisotopic (exact) mass is 630 g/mol. The molecule has 0 unspecified atom stereocenters. The number of nitrogens with zero attached hydrogens (tertiary/aromatic N) is 2. The summed E-state index contributed by atoms with van der Waals surface area (Å²) >= 11 is 0. The van der Waals surface area contributed by atoms with Crippen LogP contribution in [0.1, 0.15) is 25.0 Å². The van der Waals surface area contributed by atoms with Gasteiger partial charge in [0, 0.05) is 29.7 Å². The first kappa shape index (κ1) is 30.8. The number of hydrogen-bond acceptors (Lipinski definition) is 8. The zero-order valence-corrected chi connectivity index (χ0v) is 26.1. The number of rotatable bonds is 10. The minimum Gasteiger partial charge on any atom is -0.493 e. The van der Waals surface area contributed by atoms with Crippen molar-refractivity contribution in [2.24, 2.45) is 0 Å². The van der Waals surface area contributed by atoms with Crippen molar-refractivity contribution in [3.05, 3.63) is 120 Å². The van der Waals surface area contributed by atoms with Crippen LogP contribution >= 0.6 is 0 Å². The van der Waals surface area contributed by atoms with E-state index < -0.39 is 5.41 Å². The number of carbonyl (C=O) groups is 4. The topological polar surface area (TPSA) is 112 Å². The van der Waals surface area contributed by atoms with E-state index in [9.17, 15) is 19.2 Å². The van der Waals surface area contributed by atoms with Gasteiger partial charge in [-0.1, -0.05) is 26.0 Å². The van der Waals surface area contributed by atoms with Gasteiger partial charge in [-0.15, -0.1) is 0 Å². The second-order valence-corrected chi connectivity index (χ2v) is 11.2. The van der Waals surface area contributed by atoms with Gasteiger partial charge in [0.15, 0.2) is 23.0 Å². The molecular formula is C37H30N2O8. The van der Waals surface area contributed by atoms with E-state index in [4.69, 9.17) is 18.9 Å². The first-order valence-electron chi connectivity index (χ1n) is 14.6. The lowest BCUT2D eigenvalue weighted by atomic mass is 9.78. The predicted molar refractivity (Wildman–Crippen MR) is 174 cm³/mol. The van der Waals surface area contributed by atoms with Gasteiger partial charge in [-0.3, -0.25) is 19.2 Å². The zero-order valence-electron chi connectivity index (χ0n) is 26.1. The summed E-state index contributed by atoms with van der Waals surface area (Å²) in [5.74, 6) is 1.52. The smallest absolute Gasteiger partial charge is 0.258 e. The Morgan fingerprint density at radius 1 is 0.468 bits per heavy atom. The van der Waals surface area contributed by atoms with Crippen LogP contribution in [0.25, 0.3) is 0 Å². The first-order chi connectivity index (χ1) is 22.6. The molecular weight excluding hydrogens is 600 g/mol. The van der Waals surface area contributed by atoms with E-state index in [0.29, 0.717) is 45.9 Å². The minimum absolute atomic E-state index is 0.386. The Morgan fingerprint density at radius 2 is 0.809 bits per heavy atom. The molecule has 10 heteroatoms. The van der Waals surface area contributed by atoms with Crippen LogP contribution in [-0.4, -0.2) is 37.8 Å². The van der Waals surface area contributed by atoms with Gasteiger partial charge in [-0.25, -0.2) is 9.80 Å². The highest BCUT2D eigenvalue weighted by atomic mass is 16.5. The molecule has 6 rings (SSSR count). The summed E-state index contributed by atoms with van der Waals surface area (Å²) in [6.07, 6.45) is 4.96. The normalized spacial score (nSPS) is 14.3. The number of anilines is 2. The Bertz CT molecular complexity index is 1780. The van der Waals surface area contributed by atoms with Gasteiger partial charge in [0.25, 0.3) is 23.6 Å². The number of hydrogen-bond donors (Lipinski definition) is 0. The van der Waals surface area contributed by atoms with Gasteiger partial charge in [-0.05, 0) is 83.9 Å². The van der Waals surface area contributed by atoms with Gasteiger partial charge in [0.1, 0.15) is 11.5 Å². The Kier molecular flexibility index (Phi) is 8.09. The third-order valence-electron chi connectivity index (χ3n) is 8.03. The maximum atomic E-state index is 12.0. The van der Waals surface area contributed by atoms with Crippen molar-refractivity contribution in [3.8, 4) is 34.5 Å². The third-order valence-corrected chi connectivity index (χ3v) is 8.03. The molecule has 2 aliphatic heterocycles. The summed E-state index contributed by atoms with van der Waals surface area (Å²) in [5, 5.41) is 0. The molecule has 0 bridgehead atoms. The maximum Gasteiger partial charge on any atom is 0.258 e. The fourth-order valence-corrected chi connectivity index (χ4v) is 5.34. The largest absolute Gasteiger partial charge is 0.493 e. The molecule has 0 saturated carbocycles. The van der Waals surface area contributed by atoms with Crippen molar-refractivity contribution >= 4 is 35.0 Å². The lowest BCUT2D eigenvalue weighted by molar-refractivity contribution is -0.121. The van der Waals surface area contributed by atoms with Crippen molar-refractivity contribution < 1.29 is 38.1 Å². The number of ether oxygens (including phenoxy) is 4. The molecule has 236 valence electrons. The molecule has 0 radical (unpaired) electrons. The highest BCUT2D eigenvalue weighted by Gasteiger charge is 2.28. The maximum absolute atomic E-state index is 12.0. The average Bonchev–Trinajstić information content (AvgIpc) is 3.60. The van der Waals surface area contributed by atoms with Crippen LogP contribution in [0.5, 0.6) is 34.5 Å². The summed E-state index contributed by atoms with van der Waals surface area (Å²) in [6.45, 7) is 4.17. The van der Waals surface area contributed by atoms with Gasteiger partial charge in [-0.2, -0.15) is 0 Å². The van der Waals surface area contributed by atoms with Crippen molar-refractivity contribution in [3.63, 3.8) is 0 Å². The molecule has 0 aliphatic carbocycles. The fraction of sp³-hybridized carbons (Fsp3) is 0.135. The predicted octanol–water partition coefficient (Wildman–Crippen LogP) is 6.47. The Morgan fingerprint density at radius 3 is 1.13 bits per heavy atom. The van der Waals surface area contributed by atoms with Crippen LogP contribution in [0.3, 0.4) is 0 Å². The zero-order chi connectivity index (χ0) is 33.3. The molecule has 4 aromatic carbocycles. The highest BCUT2D eigenvalue weighted by Crippen LogP contribution is 2.42. The molecule has 2 heterocycles. The highest BCUT2D eigenvalue weighted by molar-refractivity contribution is 6.28. The van der Waals surface area contributed by atoms with E-state index in [1.54, 1.807) is 62.8 Å². The van der Waals surface area contributed by atoms with Crippen LogP contribution in [0.4, 0.5) is 11.4 Å². The molecule has 0 N–H and O–H groups in total. The number of amides is 4. The Hall–Kier alpha value is -6.16. The van der Waals surface area contributed by atoms with Crippen molar-refractivity contribution in [2.45, 2.75) is 19.3 Å². The van der Waals surface area contributed by atoms with Gasteiger partial charge >= 0.3 is 0 Å². The second kappa shape index (κ2) is 12.3. The first-order valence-corrected chi connectivity index (χ1v) is 14.6. The minimum atomic E-state index is -0.480. The van der Waals surface area contributed by atoms with E-state index >= 15 is 0 Å². The van der Waals surface area contributed by atoms with Crippen LogP contribution in [0.15, 0.2) is 109 Å². The molecule has 0 spiro atoms. The molecule has 0 saturated heterocycles. The lowest BCUT2D eigenvalue weighted by Gasteiger charge is -2.28. The SMILES string of the molecule is COc1cc(C(C)(C)c2ccc(Oc3ccc(N4C(=O)C=CC4=O)cc3)c(OC)c2)ccc1Oc1ccc(N2C(=O)C=CC2=O)cc1. The van der Waals surface area contributed by atoms with Gasteiger partial charge < -0.3 is 18.9 Å². The molecule has 2 aliphatic rings. The van der Waals surface area contributed by atoms with Gasteiger partial charge in [0.05, 0.1) is 25.6 Å². The molecule has 47 heavy (non-hydrogen) atoms. The Balaban J connectivity index is 1.18. The van der Waals surface area contributed by atoms with Crippen molar-refractivity contribution in [2.75, 3.05) is 24.0 Å². The molecule has 4 aromatic rings.